The van der Waals surface area contributed by atoms with Gasteiger partial charge in [0.15, 0.2) is 0 Å². The van der Waals surface area contributed by atoms with Gasteiger partial charge in [-0.1, -0.05) is 120 Å². The number of hydrogen-bond acceptors (Lipinski definition) is 2. The van der Waals surface area contributed by atoms with Crippen LogP contribution in [-0.4, -0.2) is 5.71 Å². The number of benzene rings is 5. The molecule has 0 aliphatic carbocycles. The number of hydrogen-bond donors (Lipinski definition) is 2. The molecule has 0 unspecified atom stereocenters. The van der Waals surface area contributed by atoms with Crippen LogP contribution in [0, 0.1) is 19.3 Å². The summed E-state index contributed by atoms with van der Waals surface area (Å²) in [5.41, 5.74) is 13.9. The van der Waals surface area contributed by atoms with E-state index in [-0.39, 0.29) is 0 Å². The summed E-state index contributed by atoms with van der Waals surface area (Å²) in [5, 5.41) is 10.8. The fourth-order valence-corrected chi connectivity index (χ4v) is 3.88. The quantitative estimate of drug-likeness (QED) is 0.223. The van der Waals surface area contributed by atoms with Crippen molar-refractivity contribution in [2.75, 3.05) is 5.73 Å². The van der Waals surface area contributed by atoms with Crippen LogP contribution in [0.5, 0.6) is 0 Å². The molecule has 2 heteroatoms. The normalized spacial score (nSPS) is 10.4. The Morgan fingerprint density at radius 3 is 1.94 bits per heavy atom. The van der Waals surface area contributed by atoms with Crippen LogP contribution in [0.2, 0.25) is 0 Å². The molecule has 0 heterocycles. The van der Waals surface area contributed by atoms with Crippen LogP contribution in [0.25, 0.3) is 21.9 Å². The van der Waals surface area contributed by atoms with Gasteiger partial charge in [-0.25, -0.2) is 0 Å². The van der Waals surface area contributed by atoms with E-state index in [1.165, 1.54) is 11.1 Å². The molecule has 0 aliphatic heterocycles. The minimum atomic E-state index is 0.447. The van der Waals surface area contributed by atoms with Crippen molar-refractivity contribution in [3.63, 3.8) is 0 Å². The van der Waals surface area contributed by atoms with E-state index >= 15 is 0 Å². The highest BCUT2D eigenvalue weighted by molar-refractivity contribution is 6.17. The lowest BCUT2D eigenvalue weighted by molar-refractivity contribution is 1.45. The minimum Gasteiger partial charge on any atom is -0.398 e. The Labute approximate surface area is 195 Å². The van der Waals surface area contributed by atoms with Crippen molar-refractivity contribution < 1.29 is 0 Å². The minimum absolute atomic E-state index is 0.447. The molecule has 5 aromatic carbocycles. The first-order valence-corrected chi connectivity index (χ1v) is 11.1. The first-order chi connectivity index (χ1) is 16.0. The smallest absolute Gasteiger partial charge is 0.0705 e. The molecule has 0 amide bonds. The lowest BCUT2D eigenvalue weighted by atomic mass is 9.94. The molecule has 5 rings (SSSR count). The number of aryl methyl sites for hydroxylation is 2. The molecule has 33 heavy (non-hydrogen) atoms. The fourth-order valence-electron chi connectivity index (χ4n) is 3.88. The highest BCUT2D eigenvalue weighted by Crippen LogP contribution is 2.28. The molecule has 0 aliphatic rings. The Morgan fingerprint density at radius 2 is 1.24 bits per heavy atom. The highest BCUT2D eigenvalue weighted by atomic mass is 14.6. The van der Waals surface area contributed by atoms with Gasteiger partial charge in [-0.3, -0.25) is 5.41 Å². The fraction of sp³-hybridized carbons (Fsp3) is 0.0645. The van der Waals surface area contributed by atoms with Crippen molar-refractivity contribution in [1.29, 1.82) is 5.41 Å². The summed E-state index contributed by atoms with van der Waals surface area (Å²) in [6, 6.07) is 38.8. The summed E-state index contributed by atoms with van der Waals surface area (Å²) in [6.07, 6.45) is 0. The van der Waals surface area contributed by atoms with Crippen LogP contribution in [0.3, 0.4) is 0 Å². The van der Waals surface area contributed by atoms with Crippen LogP contribution < -0.4 is 5.73 Å². The zero-order valence-electron chi connectivity index (χ0n) is 19.0. The van der Waals surface area contributed by atoms with Gasteiger partial charge in [0.1, 0.15) is 0 Å². The predicted octanol–water partition coefficient (Wildman–Crippen LogP) is 7.81. The predicted molar refractivity (Wildman–Crippen MR) is 142 cm³/mol. The van der Waals surface area contributed by atoms with Crippen molar-refractivity contribution in [2.45, 2.75) is 13.8 Å². The van der Waals surface area contributed by atoms with E-state index in [0.717, 1.165) is 33.0 Å². The number of fused-ring (bicyclic) bond motifs is 1. The van der Waals surface area contributed by atoms with E-state index in [4.69, 9.17) is 11.1 Å². The Bertz CT molecular complexity index is 1400. The van der Waals surface area contributed by atoms with Gasteiger partial charge in [0.2, 0.25) is 0 Å². The van der Waals surface area contributed by atoms with E-state index in [2.05, 4.69) is 62.4 Å². The van der Waals surface area contributed by atoms with Crippen LogP contribution >= 0.6 is 0 Å². The molecule has 0 radical (unpaired) electrons. The van der Waals surface area contributed by atoms with Crippen molar-refractivity contribution in [2.24, 2.45) is 0 Å². The van der Waals surface area contributed by atoms with Gasteiger partial charge in [-0.05, 0) is 36.4 Å². The molecule has 0 spiro atoms. The molecule has 0 aromatic heterocycles. The molecule has 5 aromatic rings. The molecular formula is C31H28N2. The molecular weight excluding hydrogens is 400 g/mol. The molecule has 0 saturated heterocycles. The second-order valence-corrected chi connectivity index (χ2v) is 8.23. The van der Waals surface area contributed by atoms with Gasteiger partial charge < -0.3 is 5.73 Å². The third-order valence-corrected chi connectivity index (χ3v) is 5.68. The van der Waals surface area contributed by atoms with Crippen molar-refractivity contribution >= 4 is 22.2 Å². The summed E-state index contributed by atoms with van der Waals surface area (Å²) in [5.74, 6) is 0. The van der Waals surface area contributed by atoms with Gasteiger partial charge in [0.25, 0.3) is 0 Å². The lowest BCUT2D eigenvalue weighted by Crippen LogP contribution is -2.06. The Balaban J connectivity index is 0.000000318. The third kappa shape index (κ3) is 5.19. The number of nitrogen functional groups attached to an aromatic ring is 1. The Kier molecular flexibility index (Phi) is 6.66. The maximum absolute atomic E-state index is 8.71. The van der Waals surface area contributed by atoms with Gasteiger partial charge in [-0.2, -0.15) is 0 Å². The van der Waals surface area contributed by atoms with E-state index in [1.807, 2.05) is 66.7 Å². The van der Waals surface area contributed by atoms with E-state index in [9.17, 15) is 0 Å². The van der Waals surface area contributed by atoms with Crippen molar-refractivity contribution in [1.82, 2.24) is 0 Å². The van der Waals surface area contributed by atoms with Crippen LogP contribution in [0.15, 0.2) is 115 Å². The van der Waals surface area contributed by atoms with Gasteiger partial charge in [0, 0.05) is 22.2 Å². The maximum atomic E-state index is 8.71. The zero-order valence-corrected chi connectivity index (χ0v) is 19.0. The van der Waals surface area contributed by atoms with Crippen LogP contribution in [0.4, 0.5) is 5.69 Å². The van der Waals surface area contributed by atoms with Gasteiger partial charge in [-0.15, -0.1) is 0 Å². The largest absolute Gasteiger partial charge is 0.398 e. The first-order valence-electron chi connectivity index (χ1n) is 11.1. The Morgan fingerprint density at radius 1 is 0.606 bits per heavy atom. The van der Waals surface area contributed by atoms with Crippen LogP contribution in [0.1, 0.15) is 22.3 Å². The van der Waals surface area contributed by atoms with E-state index < -0.39 is 0 Å². The van der Waals surface area contributed by atoms with Crippen LogP contribution in [-0.2, 0) is 0 Å². The summed E-state index contributed by atoms with van der Waals surface area (Å²) < 4.78 is 0. The van der Waals surface area contributed by atoms with E-state index in [0.29, 0.717) is 11.4 Å². The summed E-state index contributed by atoms with van der Waals surface area (Å²) in [7, 11) is 0. The summed E-state index contributed by atoms with van der Waals surface area (Å²) in [6.45, 7) is 4.17. The SMILES string of the molecule is Cc1cccc(-c2cccc(C(=N)c3ccc4ccccc4c3N)c2)c1.Cc1ccccc1. The topological polar surface area (TPSA) is 49.9 Å². The lowest BCUT2D eigenvalue weighted by Gasteiger charge is -2.12. The van der Waals surface area contributed by atoms with Crippen molar-refractivity contribution in [3.8, 4) is 11.1 Å². The molecule has 3 N–H and O–H groups in total. The molecule has 162 valence electrons. The Hall–Kier alpha value is -4.17. The second kappa shape index (κ2) is 9.97. The first kappa shape index (κ1) is 22.0. The number of nitrogens with two attached hydrogens (primary N) is 1. The monoisotopic (exact) mass is 428 g/mol. The molecule has 0 saturated carbocycles. The molecule has 2 nitrogen and oxygen atoms in total. The zero-order chi connectivity index (χ0) is 23.2. The third-order valence-electron chi connectivity index (χ3n) is 5.68. The average molecular weight is 429 g/mol. The summed E-state index contributed by atoms with van der Waals surface area (Å²) >= 11 is 0. The number of rotatable bonds is 3. The number of anilines is 1. The highest BCUT2D eigenvalue weighted by Gasteiger charge is 2.12. The maximum Gasteiger partial charge on any atom is 0.0705 e. The van der Waals surface area contributed by atoms with Gasteiger partial charge in [0.05, 0.1) is 5.71 Å². The molecule has 0 atom stereocenters. The molecule has 0 bridgehead atoms. The summed E-state index contributed by atoms with van der Waals surface area (Å²) in [4.78, 5) is 0. The molecule has 0 fully saturated rings. The average Bonchev–Trinajstić information content (AvgIpc) is 2.85. The van der Waals surface area contributed by atoms with Gasteiger partial charge >= 0.3 is 0 Å². The second-order valence-electron chi connectivity index (χ2n) is 8.23. The number of nitrogens with one attached hydrogen (secondary N) is 1. The van der Waals surface area contributed by atoms with E-state index in [1.54, 1.807) is 0 Å². The standard InChI is InChI=1S/C24H20N2.C7H8/c1-16-6-4-8-18(14-16)19-9-5-10-20(15-19)23(25)22-13-12-17-7-2-3-11-21(17)24(22)26;1-7-5-3-2-4-6-7/h2-15,25H,26H2,1H3;2-6H,1H3. The van der Waals surface area contributed by atoms with Crippen molar-refractivity contribution in [3.05, 3.63) is 138 Å².